The monoisotopic (exact) mass is 333 g/mol. The Kier molecular flexibility index (Phi) is 4.14. The van der Waals surface area contributed by atoms with Gasteiger partial charge in [-0.25, -0.2) is 5.48 Å². The molecule has 3 N–H and O–H groups in total. The first-order valence-corrected chi connectivity index (χ1v) is 7.93. The summed E-state index contributed by atoms with van der Waals surface area (Å²) in [5.41, 5.74) is 2.11. The van der Waals surface area contributed by atoms with Crippen molar-refractivity contribution < 1.29 is 14.8 Å². The Labute approximate surface area is 133 Å². The van der Waals surface area contributed by atoms with E-state index >= 15 is 0 Å². The molecule has 3 rings (SSSR count). The summed E-state index contributed by atoms with van der Waals surface area (Å²) < 4.78 is 5.11. The molecule has 112 valence electrons. The van der Waals surface area contributed by atoms with Crippen LogP contribution in [0.15, 0.2) is 36.4 Å². The third-order valence-corrected chi connectivity index (χ3v) is 4.90. The molecule has 3 aromatic rings. The molecule has 0 unspecified atom stereocenters. The van der Waals surface area contributed by atoms with Gasteiger partial charge in [-0.15, -0.1) is 11.3 Å². The Morgan fingerprint density at radius 2 is 1.95 bits per heavy atom. The van der Waals surface area contributed by atoms with E-state index in [0.717, 1.165) is 21.6 Å². The van der Waals surface area contributed by atoms with Gasteiger partial charge in [0.05, 0.1) is 17.1 Å². The van der Waals surface area contributed by atoms with Crippen molar-refractivity contribution in [3.8, 4) is 0 Å². The Morgan fingerprint density at radius 1 is 1.14 bits per heavy atom. The largest absolute Gasteiger partial charge is 0.346 e. The summed E-state index contributed by atoms with van der Waals surface area (Å²) in [7, 11) is 0. The molecule has 0 aliphatic heterocycles. The predicted octanol–water partition coefficient (Wildman–Crippen LogP) is 2.41. The van der Waals surface area contributed by atoms with Crippen LogP contribution in [0.1, 0.15) is 25.0 Å². The van der Waals surface area contributed by atoms with Crippen LogP contribution in [-0.2, 0) is 6.54 Å². The van der Waals surface area contributed by atoms with Crippen LogP contribution < -0.4 is 10.8 Å². The fourth-order valence-electron chi connectivity index (χ4n) is 1.91. The lowest BCUT2D eigenvalue weighted by molar-refractivity contribution is 0.0711. The van der Waals surface area contributed by atoms with Gasteiger partial charge in [-0.05, 0) is 35.1 Å². The fourth-order valence-corrected chi connectivity index (χ4v) is 3.54. The minimum absolute atomic E-state index is 0.178. The first-order chi connectivity index (χ1) is 10.7. The van der Waals surface area contributed by atoms with Crippen molar-refractivity contribution in [3.05, 3.63) is 51.8 Å². The minimum Gasteiger partial charge on any atom is -0.346 e. The second-order valence-corrected chi connectivity index (χ2v) is 6.34. The Bertz CT molecular complexity index is 808. The van der Waals surface area contributed by atoms with Gasteiger partial charge in [0.25, 0.3) is 11.8 Å². The van der Waals surface area contributed by atoms with Crippen LogP contribution in [0.4, 0.5) is 0 Å². The summed E-state index contributed by atoms with van der Waals surface area (Å²) in [6.45, 7) is 0.224. The molecule has 0 saturated carbocycles. The molecule has 0 radical (unpaired) electrons. The normalized spacial score (nSPS) is 10.6. The first kappa shape index (κ1) is 14.6. The van der Waals surface area contributed by atoms with Gasteiger partial charge < -0.3 is 5.32 Å². The maximum atomic E-state index is 12.1. The Morgan fingerprint density at radius 3 is 2.73 bits per heavy atom. The highest BCUT2D eigenvalue weighted by Crippen LogP contribution is 2.25. The minimum atomic E-state index is -0.611. The number of nitrogens with zero attached hydrogens (tertiary/aromatic N) is 1. The SMILES string of the molecule is O=C(NO)c1cc(CNC(=O)c2cc3ccccc3s2)ns1. The highest BCUT2D eigenvalue weighted by molar-refractivity contribution is 7.20. The lowest BCUT2D eigenvalue weighted by atomic mass is 10.2. The number of benzene rings is 1. The van der Waals surface area contributed by atoms with E-state index in [1.165, 1.54) is 17.4 Å². The van der Waals surface area contributed by atoms with E-state index in [4.69, 9.17) is 5.21 Å². The van der Waals surface area contributed by atoms with Crippen molar-refractivity contribution >= 4 is 44.8 Å². The maximum Gasteiger partial charge on any atom is 0.286 e. The van der Waals surface area contributed by atoms with E-state index in [9.17, 15) is 9.59 Å². The van der Waals surface area contributed by atoms with Crippen molar-refractivity contribution in [1.82, 2.24) is 15.2 Å². The third kappa shape index (κ3) is 2.98. The second-order valence-electron chi connectivity index (χ2n) is 4.45. The number of aromatic nitrogens is 1. The van der Waals surface area contributed by atoms with Gasteiger partial charge in [-0.3, -0.25) is 14.8 Å². The summed E-state index contributed by atoms with van der Waals surface area (Å²) in [6, 6.07) is 11.2. The molecule has 0 spiro atoms. The number of amides is 2. The number of rotatable bonds is 4. The van der Waals surface area contributed by atoms with E-state index in [1.807, 2.05) is 30.3 Å². The topological polar surface area (TPSA) is 91.3 Å². The van der Waals surface area contributed by atoms with Crippen LogP contribution in [0.25, 0.3) is 10.1 Å². The molecule has 22 heavy (non-hydrogen) atoms. The van der Waals surface area contributed by atoms with E-state index in [0.29, 0.717) is 10.6 Å². The number of hydrogen-bond acceptors (Lipinski definition) is 6. The third-order valence-electron chi connectivity index (χ3n) is 2.96. The highest BCUT2D eigenvalue weighted by Gasteiger charge is 2.12. The van der Waals surface area contributed by atoms with Crippen LogP contribution in [-0.4, -0.2) is 21.4 Å². The number of carbonyl (C=O) groups excluding carboxylic acids is 2. The summed E-state index contributed by atoms with van der Waals surface area (Å²) in [5.74, 6) is -0.790. The van der Waals surface area contributed by atoms with Crippen molar-refractivity contribution in [2.24, 2.45) is 0 Å². The molecule has 0 aliphatic carbocycles. The highest BCUT2D eigenvalue weighted by atomic mass is 32.1. The van der Waals surface area contributed by atoms with E-state index in [2.05, 4.69) is 9.69 Å². The van der Waals surface area contributed by atoms with Gasteiger partial charge in [0.15, 0.2) is 0 Å². The number of hydrogen-bond donors (Lipinski definition) is 3. The van der Waals surface area contributed by atoms with Crippen LogP contribution in [0.3, 0.4) is 0 Å². The standard InChI is InChI=1S/C14H11N3O3S2/c18-13(11-5-8-3-1-2-4-10(8)21-11)15-7-9-6-12(22-17-9)14(19)16-20/h1-6,20H,7H2,(H,15,18)(H,16,19). The molecule has 0 aliphatic rings. The number of carbonyl (C=O) groups is 2. The molecule has 2 heterocycles. The summed E-state index contributed by atoms with van der Waals surface area (Å²) >= 11 is 2.39. The van der Waals surface area contributed by atoms with Gasteiger partial charge in [-0.1, -0.05) is 18.2 Å². The molecular formula is C14H11N3O3S2. The molecule has 2 amide bonds. The average molecular weight is 333 g/mol. The molecule has 2 aromatic heterocycles. The summed E-state index contributed by atoms with van der Waals surface area (Å²) in [4.78, 5) is 24.3. The van der Waals surface area contributed by atoms with Crippen molar-refractivity contribution in [2.75, 3.05) is 0 Å². The number of hydroxylamine groups is 1. The zero-order valence-electron chi connectivity index (χ0n) is 11.2. The number of nitrogens with one attached hydrogen (secondary N) is 2. The van der Waals surface area contributed by atoms with E-state index in [1.54, 1.807) is 5.48 Å². The van der Waals surface area contributed by atoms with Gasteiger partial charge >= 0.3 is 0 Å². The van der Waals surface area contributed by atoms with Crippen LogP contribution >= 0.6 is 22.9 Å². The zero-order valence-corrected chi connectivity index (χ0v) is 12.8. The Balaban J connectivity index is 1.67. The maximum absolute atomic E-state index is 12.1. The molecule has 1 aromatic carbocycles. The summed E-state index contributed by atoms with van der Waals surface area (Å²) in [5, 5.41) is 12.3. The molecule has 6 nitrogen and oxygen atoms in total. The quantitative estimate of drug-likeness (QED) is 0.505. The molecule has 0 saturated heterocycles. The van der Waals surface area contributed by atoms with E-state index < -0.39 is 5.91 Å². The van der Waals surface area contributed by atoms with E-state index in [-0.39, 0.29) is 17.3 Å². The number of fused-ring (bicyclic) bond motifs is 1. The van der Waals surface area contributed by atoms with Gasteiger partial charge in [0.2, 0.25) is 0 Å². The Hall–Kier alpha value is -2.29. The average Bonchev–Trinajstić information content (AvgIpc) is 3.18. The lowest BCUT2D eigenvalue weighted by Gasteiger charge is -1.99. The molecule has 0 bridgehead atoms. The van der Waals surface area contributed by atoms with Crippen molar-refractivity contribution in [2.45, 2.75) is 6.54 Å². The predicted molar refractivity (Wildman–Crippen MR) is 84.4 cm³/mol. The van der Waals surface area contributed by atoms with Crippen LogP contribution in [0.2, 0.25) is 0 Å². The van der Waals surface area contributed by atoms with Gasteiger partial charge in [0.1, 0.15) is 4.88 Å². The molecule has 0 fully saturated rings. The smallest absolute Gasteiger partial charge is 0.286 e. The molecule has 0 atom stereocenters. The molecular weight excluding hydrogens is 322 g/mol. The summed E-state index contributed by atoms with van der Waals surface area (Å²) in [6.07, 6.45) is 0. The lowest BCUT2D eigenvalue weighted by Crippen LogP contribution is -2.22. The van der Waals surface area contributed by atoms with Crippen LogP contribution in [0.5, 0.6) is 0 Å². The second kappa shape index (κ2) is 6.22. The van der Waals surface area contributed by atoms with Gasteiger partial charge in [0, 0.05) is 4.70 Å². The van der Waals surface area contributed by atoms with Crippen molar-refractivity contribution in [1.29, 1.82) is 0 Å². The van der Waals surface area contributed by atoms with Crippen LogP contribution in [0, 0.1) is 0 Å². The number of thiophene rings is 1. The first-order valence-electron chi connectivity index (χ1n) is 6.34. The fraction of sp³-hybridized carbons (Fsp3) is 0.0714. The molecule has 8 heteroatoms. The van der Waals surface area contributed by atoms with Gasteiger partial charge in [-0.2, -0.15) is 4.37 Å². The van der Waals surface area contributed by atoms with Crippen molar-refractivity contribution in [3.63, 3.8) is 0 Å². The zero-order chi connectivity index (χ0) is 15.5.